The number of hydrogen-bond acceptors (Lipinski definition) is 6. The van der Waals surface area contributed by atoms with Gasteiger partial charge < -0.3 is 15.3 Å². The van der Waals surface area contributed by atoms with Crippen LogP contribution in [0.5, 0.6) is 0 Å². The van der Waals surface area contributed by atoms with Gasteiger partial charge in [-0.2, -0.15) is 5.10 Å². The van der Waals surface area contributed by atoms with Crippen molar-refractivity contribution in [1.29, 1.82) is 0 Å². The molecule has 178 valence electrons. The number of nitrogens with zero attached hydrogens (tertiary/aromatic N) is 4. The molecule has 1 heterocycles. The number of nitrogens with one attached hydrogen (secondary N) is 2. The second kappa shape index (κ2) is 10.8. The van der Waals surface area contributed by atoms with Crippen molar-refractivity contribution in [2.75, 3.05) is 29.1 Å². The number of carboxylic acid groups (broad SMARTS) is 1. The van der Waals surface area contributed by atoms with Crippen molar-refractivity contribution in [2.45, 2.75) is 20.3 Å². The van der Waals surface area contributed by atoms with Gasteiger partial charge in [0, 0.05) is 19.2 Å². The molecule has 2 aromatic carbocycles. The maximum atomic E-state index is 12.7. The van der Waals surface area contributed by atoms with Crippen LogP contribution in [0, 0.1) is 5.92 Å². The van der Waals surface area contributed by atoms with E-state index in [0.29, 0.717) is 34.4 Å². The van der Waals surface area contributed by atoms with E-state index >= 15 is 0 Å². The zero-order valence-electron chi connectivity index (χ0n) is 18.9. The summed E-state index contributed by atoms with van der Waals surface area (Å²) in [4.78, 5) is 42.4. The highest BCUT2D eigenvalue weighted by atomic mass is 35.5. The van der Waals surface area contributed by atoms with Crippen molar-refractivity contribution in [3.8, 4) is 5.69 Å². The van der Waals surface area contributed by atoms with E-state index in [9.17, 15) is 19.5 Å². The number of Topliss-reactive ketones (excluding diaryl/α,β-unsaturated/α-hetero) is 1. The van der Waals surface area contributed by atoms with E-state index in [0.717, 1.165) is 0 Å². The Morgan fingerprint density at radius 3 is 2.53 bits per heavy atom. The predicted octanol–water partition coefficient (Wildman–Crippen LogP) is 4.31. The molecule has 2 amide bonds. The monoisotopic (exact) mass is 484 g/mol. The van der Waals surface area contributed by atoms with Gasteiger partial charge in [0.05, 0.1) is 34.2 Å². The fraction of sp³-hybridized carbons (Fsp3) is 0.261. The van der Waals surface area contributed by atoms with Crippen LogP contribution in [0.15, 0.2) is 49.1 Å². The van der Waals surface area contributed by atoms with Gasteiger partial charge >= 0.3 is 6.09 Å². The summed E-state index contributed by atoms with van der Waals surface area (Å²) in [6, 6.07) is 9.67. The quantitative estimate of drug-likeness (QED) is 0.304. The molecule has 0 aliphatic heterocycles. The lowest BCUT2D eigenvalue weighted by atomic mass is 10.1. The first-order chi connectivity index (χ1) is 16.1. The summed E-state index contributed by atoms with van der Waals surface area (Å²) in [7, 11) is 1.84. The largest absolute Gasteiger partial charge is 0.465 e. The van der Waals surface area contributed by atoms with Crippen LogP contribution in [0.3, 0.4) is 0 Å². The molecule has 0 atom stereocenters. The third-order valence-electron chi connectivity index (χ3n) is 4.83. The van der Waals surface area contributed by atoms with E-state index in [-0.39, 0.29) is 11.4 Å². The Morgan fingerprint density at radius 1 is 1.15 bits per heavy atom. The molecule has 34 heavy (non-hydrogen) atoms. The Balaban J connectivity index is 1.78. The summed E-state index contributed by atoms with van der Waals surface area (Å²) in [6.07, 6.45) is 1.14. The van der Waals surface area contributed by atoms with Gasteiger partial charge in [-0.15, -0.1) is 0 Å². The van der Waals surface area contributed by atoms with Crippen LogP contribution in [0.1, 0.15) is 30.6 Å². The van der Waals surface area contributed by atoms with Crippen LogP contribution in [0.4, 0.5) is 21.9 Å². The summed E-state index contributed by atoms with van der Waals surface area (Å²) >= 11 is 6.42. The van der Waals surface area contributed by atoms with Crippen LogP contribution in [0.2, 0.25) is 5.02 Å². The average molecular weight is 485 g/mol. The van der Waals surface area contributed by atoms with E-state index in [1.807, 2.05) is 25.8 Å². The smallest absolute Gasteiger partial charge is 0.409 e. The molecule has 10 nitrogen and oxygen atoms in total. The second-order valence-electron chi connectivity index (χ2n) is 8.09. The number of hydrogen-bond donors (Lipinski definition) is 3. The van der Waals surface area contributed by atoms with Gasteiger partial charge in [-0.05, 0) is 30.2 Å². The highest BCUT2D eigenvalue weighted by Crippen LogP contribution is 2.35. The SMILES string of the molecule is CC(C)CN(C)c1cc(NC(=O)O)c(NC(=O)CC(=O)c2cccc(-n3cncn3)c2)cc1Cl. The van der Waals surface area contributed by atoms with Gasteiger partial charge in [0.2, 0.25) is 5.91 Å². The number of amides is 2. The van der Waals surface area contributed by atoms with Gasteiger partial charge in [0.1, 0.15) is 12.7 Å². The number of carbonyl (C=O) groups is 3. The molecule has 0 bridgehead atoms. The minimum absolute atomic E-state index is 0.150. The number of carbonyl (C=O) groups excluding carboxylic acids is 2. The molecule has 0 spiro atoms. The van der Waals surface area contributed by atoms with E-state index in [4.69, 9.17) is 11.6 Å². The van der Waals surface area contributed by atoms with Gasteiger partial charge in [0.25, 0.3) is 0 Å². The molecule has 0 radical (unpaired) electrons. The van der Waals surface area contributed by atoms with Crippen molar-refractivity contribution >= 4 is 46.4 Å². The van der Waals surface area contributed by atoms with E-state index in [1.165, 1.54) is 23.4 Å². The molecular weight excluding hydrogens is 460 g/mol. The molecule has 3 rings (SSSR count). The summed E-state index contributed by atoms with van der Waals surface area (Å²) in [5, 5.41) is 18.5. The molecule has 0 aliphatic rings. The number of rotatable bonds is 9. The lowest BCUT2D eigenvalue weighted by Gasteiger charge is -2.24. The molecule has 0 unspecified atom stereocenters. The van der Waals surface area contributed by atoms with Gasteiger partial charge in [-0.3, -0.25) is 14.9 Å². The Labute approximate surface area is 201 Å². The van der Waals surface area contributed by atoms with Gasteiger partial charge in [-0.1, -0.05) is 37.6 Å². The fourth-order valence-corrected chi connectivity index (χ4v) is 3.74. The number of benzene rings is 2. The maximum Gasteiger partial charge on any atom is 0.409 e. The number of ketones is 1. The van der Waals surface area contributed by atoms with E-state index in [2.05, 4.69) is 20.7 Å². The first-order valence-electron chi connectivity index (χ1n) is 10.5. The fourth-order valence-electron chi connectivity index (χ4n) is 3.43. The third kappa shape index (κ3) is 6.32. The Morgan fingerprint density at radius 2 is 1.88 bits per heavy atom. The number of anilines is 3. The molecule has 3 N–H and O–H groups in total. The predicted molar refractivity (Wildman–Crippen MR) is 130 cm³/mol. The van der Waals surface area contributed by atoms with Crippen molar-refractivity contribution < 1.29 is 19.5 Å². The van der Waals surface area contributed by atoms with Gasteiger partial charge in [0.15, 0.2) is 5.78 Å². The second-order valence-corrected chi connectivity index (χ2v) is 8.50. The summed E-state index contributed by atoms with van der Waals surface area (Å²) in [6.45, 7) is 4.79. The third-order valence-corrected chi connectivity index (χ3v) is 5.13. The zero-order valence-corrected chi connectivity index (χ0v) is 19.7. The molecule has 0 fully saturated rings. The topological polar surface area (TPSA) is 129 Å². The maximum absolute atomic E-state index is 12.7. The number of aromatic nitrogens is 3. The van der Waals surface area contributed by atoms with Crippen molar-refractivity contribution in [3.63, 3.8) is 0 Å². The van der Waals surface area contributed by atoms with Crippen LogP contribution >= 0.6 is 11.6 Å². The van der Waals surface area contributed by atoms with Crippen LogP contribution in [0.25, 0.3) is 5.69 Å². The zero-order chi connectivity index (χ0) is 24.8. The van der Waals surface area contributed by atoms with Crippen molar-refractivity contribution in [1.82, 2.24) is 14.8 Å². The van der Waals surface area contributed by atoms with E-state index in [1.54, 1.807) is 30.3 Å². The minimum Gasteiger partial charge on any atom is -0.465 e. The molecule has 0 aliphatic carbocycles. The molecule has 0 saturated carbocycles. The van der Waals surface area contributed by atoms with Crippen LogP contribution in [-0.4, -0.2) is 51.2 Å². The lowest BCUT2D eigenvalue weighted by Crippen LogP contribution is -2.23. The average Bonchev–Trinajstić information content (AvgIpc) is 3.29. The highest BCUT2D eigenvalue weighted by Gasteiger charge is 2.18. The standard InChI is InChI=1S/C23H25ClN6O4/c1-14(2)11-29(3)20-9-19(28-23(33)34)18(8-17(20)24)27-22(32)10-21(31)15-5-4-6-16(7-15)30-13-25-12-26-30/h4-9,12-14,28H,10-11H2,1-3H3,(H,27,32)(H,33,34). The minimum atomic E-state index is -1.30. The van der Waals surface area contributed by atoms with Crippen LogP contribution < -0.4 is 15.5 Å². The molecule has 3 aromatic rings. The van der Waals surface area contributed by atoms with Crippen molar-refractivity contribution in [3.05, 3.63) is 59.6 Å². The summed E-state index contributed by atoms with van der Waals surface area (Å²) in [5.41, 5.74) is 1.87. The number of halogens is 1. The lowest BCUT2D eigenvalue weighted by molar-refractivity contribution is -0.115. The Hall–Kier alpha value is -3.92. The normalized spacial score (nSPS) is 10.7. The summed E-state index contributed by atoms with van der Waals surface area (Å²) in [5.74, 6) is -0.666. The summed E-state index contributed by atoms with van der Waals surface area (Å²) < 4.78 is 1.50. The first-order valence-corrected chi connectivity index (χ1v) is 10.8. The van der Waals surface area contributed by atoms with E-state index < -0.39 is 24.2 Å². The molecule has 11 heteroatoms. The van der Waals surface area contributed by atoms with Crippen LogP contribution in [-0.2, 0) is 4.79 Å². The highest BCUT2D eigenvalue weighted by molar-refractivity contribution is 6.34. The first kappa shape index (κ1) is 24.7. The Kier molecular flexibility index (Phi) is 7.85. The molecule has 0 saturated heterocycles. The molecule has 1 aromatic heterocycles. The Bertz CT molecular complexity index is 1200. The van der Waals surface area contributed by atoms with Crippen molar-refractivity contribution in [2.24, 2.45) is 5.92 Å². The van der Waals surface area contributed by atoms with Gasteiger partial charge in [-0.25, -0.2) is 14.5 Å². The molecular formula is C23H25ClN6O4.